The molecule has 30 heavy (non-hydrogen) atoms. The molecule has 0 N–H and O–H groups in total. The second-order valence-electron chi connectivity index (χ2n) is 7.12. The largest absolute Gasteiger partial charge is 0.497 e. The van der Waals surface area contributed by atoms with Gasteiger partial charge >= 0.3 is 0 Å². The fourth-order valence-corrected chi connectivity index (χ4v) is 4.55. The molecule has 2 aliphatic heterocycles. The van der Waals surface area contributed by atoms with E-state index in [4.69, 9.17) is 9.47 Å². The number of hydrogen-bond acceptors (Lipinski definition) is 6. The van der Waals surface area contributed by atoms with Crippen LogP contribution in [0.2, 0.25) is 0 Å². The molecule has 0 radical (unpaired) electrons. The van der Waals surface area contributed by atoms with Gasteiger partial charge < -0.3 is 14.4 Å². The first-order chi connectivity index (χ1) is 14.5. The van der Waals surface area contributed by atoms with E-state index in [-0.39, 0.29) is 17.4 Å². The predicted octanol–water partition coefficient (Wildman–Crippen LogP) is 3.52. The van der Waals surface area contributed by atoms with Gasteiger partial charge in [0.25, 0.3) is 11.1 Å². The number of amides is 3. The number of rotatable bonds is 5. The second kappa shape index (κ2) is 8.39. The van der Waals surface area contributed by atoms with Gasteiger partial charge in [0.15, 0.2) is 0 Å². The maximum Gasteiger partial charge on any atom is 0.294 e. The van der Waals surface area contributed by atoms with Crippen molar-refractivity contribution in [3.63, 3.8) is 0 Å². The maximum absolute atomic E-state index is 12.9. The molecule has 0 bridgehead atoms. The Morgan fingerprint density at radius 3 is 2.53 bits per heavy atom. The molecule has 8 heteroatoms. The van der Waals surface area contributed by atoms with Gasteiger partial charge in [-0.3, -0.25) is 19.3 Å². The number of nitrogens with zero attached hydrogens (tertiary/aromatic N) is 2. The fraction of sp³-hybridized carbons (Fsp3) is 0.318. The third-order valence-electron chi connectivity index (χ3n) is 5.35. The van der Waals surface area contributed by atoms with Gasteiger partial charge in [-0.25, -0.2) is 0 Å². The third kappa shape index (κ3) is 3.75. The monoisotopic (exact) mass is 426 g/mol. The highest BCUT2D eigenvalue weighted by molar-refractivity contribution is 8.18. The number of imide groups is 1. The highest BCUT2D eigenvalue weighted by Gasteiger charge is 2.37. The summed E-state index contributed by atoms with van der Waals surface area (Å²) in [6, 6.07) is 9.39. The summed E-state index contributed by atoms with van der Waals surface area (Å²) in [4.78, 5) is 40.8. The molecule has 0 saturated carbocycles. The molecule has 0 spiro atoms. The quantitative estimate of drug-likeness (QED) is 0.681. The lowest BCUT2D eigenvalue weighted by atomic mass is 10.0. The Bertz CT molecular complexity index is 1050. The Kier molecular flexibility index (Phi) is 5.67. The van der Waals surface area contributed by atoms with Crippen LogP contribution in [0.25, 0.3) is 16.8 Å². The van der Waals surface area contributed by atoms with E-state index in [1.165, 1.54) is 0 Å². The Morgan fingerprint density at radius 2 is 1.83 bits per heavy atom. The van der Waals surface area contributed by atoms with Crippen LogP contribution in [-0.4, -0.2) is 60.7 Å². The predicted molar refractivity (Wildman–Crippen MR) is 116 cm³/mol. The normalized spacial score (nSPS) is 18.0. The van der Waals surface area contributed by atoms with E-state index >= 15 is 0 Å². The molecule has 2 aliphatic rings. The smallest absolute Gasteiger partial charge is 0.294 e. The first-order valence-corrected chi connectivity index (χ1v) is 10.5. The van der Waals surface area contributed by atoms with Gasteiger partial charge in [0.1, 0.15) is 18.0 Å². The van der Waals surface area contributed by atoms with E-state index in [1.54, 1.807) is 25.2 Å². The van der Waals surface area contributed by atoms with Crippen LogP contribution < -0.4 is 9.47 Å². The molecule has 3 amide bonds. The summed E-state index contributed by atoms with van der Waals surface area (Å²) in [7, 11) is 3.14. The van der Waals surface area contributed by atoms with Crippen molar-refractivity contribution in [3.8, 4) is 11.5 Å². The molecule has 2 aromatic rings. The van der Waals surface area contributed by atoms with Gasteiger partial charge in [-0.1, -0.05) is 12.1 Å². The number of benzene rings is 2. The Morgan fingerprint density at radius 1 is 1.10 bits per heavy atom. The Balaban J connectivity index is 1.67. The molecule has 2 aromatic carbocycles. The summed E-state index contributed by atoms with van der Waals surface area (Å²) in [5, 5.41) is 1.36. The molecule has 4 rings (SSSR count). The van der Waals surface area contributed by atoms with Gasteiger partial charge in [0, 0.05) is 18.7 Å². The lowest BCUT2D eigenvalue weighted by Crippen LogP contribution is -2.40. The lowest BCUT2D eigenvalue weighted by Gasteiger charge is -2.18. The Labute approximate surface area is 178 Å². The average Bonchev–Trinajstić information content (AvgIpc) is 3.38. The van der Waals surface area contributed by atoms with Crippen molar-refractivity contribution in [1.82, 2.24) is 9.80 Å². The van der Waals surface area contributed by atoms with Crippen molar-refractivity contribution in [2.45, 2.75) is 12.8 Å². The molecule has 2 saturated heterocycles. The van der Waals surface area contributed by atoms with Crippen molar-refractivity contribution < 1.29 is 23.9 Å². The van der Waals surface area contributed by atoms with Crippen molar-refractivity contribution in [2.24, 2.45) is 0 Å². The molecule has 156 valence electrons. The molecule has 0 aromatic heterocycles. The van der Waals surface area contributed by atoms with Crippen LogP contribution in [0, 0.1) is 0 Å². The zero-order chi connectivity index (χ0) is 21.3. The average molecular weight is 426 g/mol. The lowest BCUT2D eigenvalue weighted by molar-refractivity contribution is -0.135. The molecule has 2 fully saturated rings. The van der Waals surface area contributed by atoms with Gasteiger partial charge in [-0.05, 0) is 59.7 Å². The van der Waals surface area contributed by atoms with Crippen LogP contribution in [0.4, 0.5) is 4.79 Å². The number of carbonyl (C=O) groups excluding carboxylic acids is 3. The minimum Gasteiger partial charge on any atom is -0.497 e. The van der Waals surface area contributed by atoms with Gasteiger partial charge in [0.05, 0.1) is 19.1 Å². The summed E-state index contributed by atoms with van der Waals surface area (Å²) >= 11 is 0.840. The van der Waals surface area contributed by atoms with Gasteiger partial charge in [0.2, 0.25) is 5.91 Å². The van der Waals surface area contributed by atoms with Crippen LogP contribution >= 0.6 is 11.8 Å². The molecule has 0 aliphatic carbocycles. The number of ether oxygens (including phenoxy) is 2. The van der Waals surface area contributed by atoms with Crippen molar-refractivity contribution in [3.05, 3.63) is 40.8 Å². The fourth-order valence-electron chi connectivity index (χ4n) is 3.72. The highest BCUT2D eigenvalue weighted by Crippen LogP contribution is 2.37. The summed E-state index contributed by atoms with van der Waals surface area (Å²) in [5.41, 5.74) is 0.685. The number of likely N-dealkylation sites (tertiary alicyclic amines) is 1. The van der Waals surface area contributed by atoms with Crippen LogP contribution in [-0.2, 0) is 9.59 Å². The summed E-state index contributed by atoms with van der Waals surface area (Å²) in [5.74, 6) is 0.605. The first-order valence-electron chi connectivity index (χ1n) is 9.69. The van der Waals surface area contributed by atoms with Crippen LogP contribution in [0.15, 0.2) is 35.2 Å². The van der Waals surface area contributed by atoms with Crippen molar-refractivity contribution in [2.75, 3.05) is 33.9 Å². The van der Waals surface area contributed by atoms with E-state index in [0.717, 1.165) is 40.3 Å². The summed E-state index contributed by atoms with van der Waals surface area (Å²) < 4.78 is 10.8. The molecule has 7 nitrogen and oxygen atoms in total. The van der Waals surface area contributed by atoms with Crippen LogP contribution in [0.5, 0.6) is 11.5 Å². The number of hydrogen-bond donors (Lipinski definition) is 0. The summed E-state index contributed by atoms with van der Waals surface area (Å²) in [6.45, 7) is 1.14. The third-order valence-corrected chi connectivity index (χ3v) is 6.26. The molecule has 0 unspecified atom stereocenters. The van der Waals surface area contributed by atoms with Gasteiger partial charge in [-0.2, -0.15) is 0 Å². The second-order valence-corrected chi connectivity index (χ2v) is 8.12. The van der Waals surface area contributed by atoms with Gasteiger partial charge in [-0.15, -0.1) is 0 Å². The molecular weight excluding hydrogens is 404 g/mol. The van der Waals surface area contributed by atoms with Crippen LogP contribution in [0.1, 0.15) is 18.4 Å². The number of fused-ring (bicyclic) bond motifs is 1. The number of methoxy groups -OCH3 is 2. The SMILES string of the molecule is COc1ccc2ccc(OC)c(C=C3SC(=O)N(CC(=O)N4CCCC4)C3=O)c2c1. The van der Waals surface area contributed by atoms with E-state index in [1.807, 2.05) is 30.3 Å². The van der Waals surface area contributed by atoms with E-state index < -0.39 is 11.1 Å². The van der Waals surface area contributed by atoms with Crippen molar-refractivity contribution >= 4 is 45.7 Å². The molecule has 0 atom stereocenters. The Hall–Kier alpha value is -3.00. The number of carbonyl (C=O) groups is 3. The van der Waals surface area contributed by atoms with Crippen molar-refractivity contribution in [1.29, 1.82) is 0 Å². The minimum absolute atomic E-state index is 0.191. The summed E-state index contributed by atoms with van der Waals surface area (Å²) in [6.07, 6.45) is 3.57. The van der Waals surface area contributed by atoms with E-state index in [9.17, 15) is 14.4 Å². The first kappa shape index (κ1) is 20.3. The number of thioether (sulfide) groups is 1. The molecular formula is C22H22N2O5S. The molecule has 2 heterocycles. The van der Waals surface area contributed by atoms with Crippen LogP contribution in [0.3, 0.4) is 0 Å². The zero-order valence-electron chi connectivity index (χ0n) is 16.8. The van der Waals surface area contributed by atoms with E-state index in [0.29, 0.717) is 30.2 Å². The topological polar surface area (TPSA) is 76.2 Å². The zero-order valence-corrected chi connectivity index (χ0v) is 17.7. The standard InChI is InChI=1S/C22H22N2O5S/c1-28-15-7-5-14-6-8-18(29-2)17(16(14)11-15)12-19-21(26)24(22(27)30-19)13-20(25)23-9-3-4-10-23/h5-8,11-12H,3-4,9-10,13H2,1-2H3. The minimum atomic E-state index is -0.459. The maximum atomic E-state index is 12.9. The van der Waals surface area contributed by atoms with E-state index in [2.05, 4.69) is 0 Å². The highest BCUT2D eigenvalue weighted by atomic mass is 32.2.